The van der Waals surface area contributed by atoms with E-state index in [2.05, 4.69) is 62.8 Å². The highest BCUT2D eigenvalue weighted by Gasteiger charge is 2.09. The van der Waals surface area contributed by atoms with Crippen LogP contribution in [0.3, 0.4) is 0 Å². The van der Waals surface area contributed by atoms with Crippen molar-refractivity contribution < 1.29 is 0 Å². The molecule has 3 nitrogen and oxygen atoms in total. The van der Waals surface area contributed by atoms with Gasteiger partial charge in [-0.25, -0.2) is 4.98 Å². The first-order valence-electron chi connectivity index (χ1n) is 6.16. The van der Waals surface area contributed by atoms with E-state index in [0.717, 1.165) is 22.5 Å². The van der Waals surface area contributed by atoms with Crippen molar-refractivity contribution in [1.82, 2.24) is 14.9 Å². The summed E-state index contributed by atoms with van der Waals surface area (Å²) in [5.74, 6) is 0.989. The first-order valence-corrected chi connectivity index (χ1v) is 6.96. The number of hydrogen-bond donors (Lipinski definition) is 1. The Morgan fingerprint density at radius 2 is 2.22 bits per heavy atom. The van der Waals surface area contributed by atoms with E-state index in [9.17, 15) is 0 Å². The average molecular weight is 308 g/mol. The fraction of sp³-hybridized carbons (Fsp3) is 0.357. The van der Waals surface area contributed by atoms with E-state index in [-0.39, 0.29) is 0 Å². The second-order valence-electron chi connectivity index (χ2n) is 4.33. The highest BCUT2D eigenvalue weighted by atomic mass is 79.9. The standard InChI is InChI=1S/C14H18BrN3/c1-4-16-10(2)12-5-6-14(13(15)9-12)18-8-7-17-11(18)3/h5-10,16H,4H2,1-3H3. The number of aryl methyl sites for hydroxylation is 1. The van der Waals surface area contributed by atoms with Gasteiger partial charge < -0.3 is 9.88 Å². The molecule has 4 heteroatoms. The first kappa shape index (κ1) is 13.3. The molecule has 0 aliphatic heterocycles. The third-order valence-corrected chi connectivity index (χ3v) is 3.70. The topological polar surface area (TPSA) is 29.9 Å². The highest BCUT2D eigenvalue weighted by molar-refractivity contribution is 9.10. The van der Waals surface area contributed by atoms with Gasteiger partial charge in [-0.2, -0.15) is 0 Å². The summed E-state index contributed by atoms with van der Waals surface area (Å²) in [7, 11) is 0. The molecule has 18 heavy (non-hydrogen) atoms. The zero-order chi connectivity index (χ0) is 13.1. The van der Waals surface area contributed by atoms with Gasteiger partial charge in [-0.15, -0.1) is 0 Å². The van der Waals surface area contributed by atoms with E-state index in [1.54, 1.807) is 0 Å². The van der Waals surface area contributed by atoms with Crippen molar-refractivity contribution in [3.05, 3.63) is 46.5 Å². The van der Waals surface area contributed by atoms with Crippen molar-refractivity contribution >= 4 is 15.9 Å². The summed E-state index contributed by atoms with van der Waals surface area (Å²) in [5.41, 5.74) is 2.41. The van der Waals surface area contributed by atoms with E-state index >= 15 is 0 Å². The van der Waals surface area contributed by atoms with Gasteiger partial charge in [0.15, 0.2) is 0 Å². The largest absolute Gasteiger partial charge is 0.310 e. The van der Waals surface area contributed by atoms with Crippen LogP contribution in [-0.2, 0) is 0 Å². The number of imidazole rings is 1. The Morgan fingerprint density at radius 3 is 2.78 bits per heavy atom. The summed E-state index contributed by atoms with van der Waals surface area (Å²) >= 11 is 3.65. The molecule has 0 fully saturated rings. The number of benzene rings is 1. The van der Waals surface area contributed by atoms with E-state index < -0.39 is 0 Å². The normalized spacial score (nSPS) is 12.7. The minimum Gasteiger partial charge on any atom is -0.310 e. The smallest absolute Gasteiger partial charge is 0.110 e. The predicted molar refractivity (Wildman–Crippen MR) is 78.1 cm³/mol. The van der Waals surface area contributed by atoms with Crippen molar-refractivity contribution in [1.29, 1.82) is 0 Å². The van der Waals surface area contributed by atoms with Crippen LogP contribution in [0.4, 0.5) is 0 Å². The number of aromatic nitrogens is 2. The lowest BCUT2D eigenvalue weighted by atomic mass is 10.1. The van der Waals surface area contributed by atoms with Gasteiger partial charge in [-0.1, -0.05) is 13.0 Å². The van der Waals surface area contributed by atoms with Crippen LogP contribution >= 0.6 is 15.9 Å². The Morgan fingerprint density at radius 1 is 1.44 bits per heavy atom. The Bertz CT molecular complexity index is 534. The number of rotatable bonds is 4. The lowest BCUT2D eigenvalue weighted by Gasteiger charge is -2.15. The second kappa shape index (κ2) is 5.67. The van der Waals surface area contributed by atoms with Crippen molar-refractivity contribution in [3.63, 3.8) is 0 Å². The molecule has 1 atom stereocenters. The predicted octanol–water partition coefficient (Wildman–Crippen LogP) is 3.61. The van der Waals surface area contributed by atoms with Crippen LogP contribution in [0.25, 0.3) is 5.69 Å². The molecule has 1 heterocycles. The zero-order valence-corrected chi connectivity index (χ0v) is 12.5. The van der Waals surface area contributed by atoms with Gasteiger partial charge in [0.05, 0.1) is 5.69 Å². The van der Waals surface area contributed by atoms with Crippen LogP contribution in [0, 0.1) is 6.92 Å². The Hall–Kier alpha value is -1.13. The number of halogens is 1. The number of nitrogens with one attached hydrogen (secondary N) is 1. The molecule has 1 aromatic carbocycles. The lowest BCUT2D eigenvalue weighted by molar-refractivity contribution is 0.598. The minimum absolute atomic E-state index is 0.365. The fourth-order valence-electron chi connectivity index (χ4n) is 2.04. The molecule has 96 valence electrons. The van der Waals surface area contributed by atoms with Gasteiger partial charge in [0, 0.05) is 22.9 Å². The van der Waals surface area contributed by atoms with Crippen molar-refractivity contribution in [2.24, 2.45) is 0 Å². The van der Waals surface area contributed by atoms with E-state index in [0.29, 0.717) is 6.04 Å². The summed E-state index contributed by atoms with van der Waals surface area (Å²) in [4.78, 5) is 4.25. The van der Waals surface area contributed by atoms with Crippen molar-refractivity contribution in [2.45, 2.75) is 26.8 Å². The third-order valence-electron chi connectivity index (χ3n) is 3.07. The Kier molecular flexibility index (Phi) is 4.19. The Labute approximate surface area is 116 Å². The molecule has 0 radical (unpaired) electrons. The minimum atomic E-state index is 0.365. The van der Waals surface area contributed by atoms with Gasteiger partial charge >= 0.3 is 0 Å². The summed E-state index contributed by atoms with van der Waals surface area (Å²) in [5, 5.41) is 3.41. The molecule has 0 saturated carbocycles. The molecule has 0 bridgehead atoms. The SMILES string of the molecule is CCNC(C)c1ccc(-n2ccnc2C)c(Br)c1. The van der Waals surface area contributed by atoms with Crippen LogP contribution in [-0.4, -0.2) is 16.1 Å². The molecule has 0 saturated heterocycles. The molecule has 0 aliphatic carbocycles. The summed E-state index contributed by atoms with van der Waals surface area (Å²) in [6.45, 7) is 7.27. The molecule has 2 rings (SSSR count). The van der Waals surface area contributed by atoms with Gasteiger partial charge in [0.1, 0.15) is 5.82 Å². The van der Waals surface area contributed by atoms with Crippen LogP contribution in [0.15, 0.2) is 35.1 Å². The van der Waals surface area contributed by atoms with Gasteiger partial charge in [-0.3, -0.25) is 0 Å². The molecule has 1 unspecified atom stereocenters. The fourth-order valence-corrected chi connectivity index (χ4v) is 2.63. The maximum Gasteiger partial charge on any atom is 0.110 e. The second-order valence-corrected chi connectivity index (χ2v) is 5.19. The monoisotopic (exact) mass is 307 g/mol. The average Bonchev–Trinajstić information content (AvgIpc) is 2.75. The molecule has 0 spiro atoms. The van der Waals surface area contributed by atoms with Gasteiger partial charge in [0.25, 0.3) is 0 Å². The van der Waals surface area contributed by atoms with Crippen LogP contribution < -0.4 is 5.32 Å². The van der Waals surface area contributed by atoms with Gasteiger partial charge in [0.2, 0.25) is 0 Å². The first-order chi connectivity index (χ1) is 8.63. The summed E-state index contributed by atoms with van der Waals surface area (Å²) in [6.07, 6.45) is 3.79. The number of hydrogen-bond acceptors (Lipinski definition) is 2. The highest BCUT2D eigenvalue weighted by Crippen LogP contribution is 2.26. The Balaban J connectivity index is 2.34. The van der Waals surface area contributed by atoms with Crippen LogP contribution in [0.2, 0.25) is 0 Å². The molecular weight excluding hydrogens is 290 g/mol. The van der Waals surface area contributed by atoms with Crippen molar-refractivity contribution in [3.8, 4) is 5.69 Å². The zero-order valence-electron chi connectivity index (χ0n) is 10.9. The maximum absolute atomic E-state index is 4.25. The van der Waals surface area contributed by atoms with Crippen molar-refractivity contribution in [2.75, 3.05) is 6.54 Å². The molecule has 0 aliphatic rings. The molecule has 2 aromatic rings. The molecule has 1 N–H and O–H groups in total. The van der Waals surface area contributed by atoms with E-state index in [4.69, 9.17) is 0 Å². The summed E-state index contributed by atoms with van der Waals surface area (Å²) in [6, 6.07) is 6.82. The van der Waals surface area contributed by atoms with E-state index in [1.165, 1.54) is 5.56 Å². The third kappa shape index (κ3) is 2.65. The number of nitrogens with zero attached hydrogens (tertiary/aromatic N) is 2. The lowest BCUT2D eigenvalue weighted by Crippen LogP contribution is -2.17. The van der Waals surface area contributed by atoms with Crippen LogP contribution in [0.5, 0.6) is 0 Å². The molecule has 1 aromatic heterocycles. The molecular formula is C14H18BrN3. The van der Waals surface area contributed by atoms with Gasteiger partial charge in [-0.05, 0) is 54.0 Å². The quantitative estimate of drug-likeness (QED) is 0.935. The van der Waals surface area contributed by atoms with Crippen LogP contribution in [0.1, 0.15) is 31.3 Å². The summed E-state index contributed by atoms with van der Waals surface area (Å²) < 4.78 is 3.16. The maximum atomic E-state index is 4.25. The van der Waals surface area contributed by atoms with E-state index in [1.807, 2.05) is 19.3 Å². The molecule has 0 amide bonds.